The molecule has 3 nitrogen and oxygen atoms in total. The van der Waals surface area contributed by atoms with Crippen molar-refractivity contribution >= 4 is 5.97 Å². The average Bonchev–Trinajstić information content (AvgIpc) is 2.70. The minimum atomic E-state index is -5.79. The zero-order chi connectivity index (χ0) is 16.3. The Hall–Kier alpha value is -1.77. The number of ether oxygens (including phenoxy) is 1. The SMILES string of the molecule is O=C1OC(C(F)(F)F)(C(F)(F)F)N2Cc3ccccc3CC12. The fourth-order valence-corrected chi connectivity index (χ4v) is 2.94. The Kier molecular flexibility index (Phi) is 3.01. The number of hydrogen-bond acceptors (Lipinski definition) is 3. The molecule has 0 radical (unpaired) electrons. The molecular formula is C13H9F6NO2. The normalized spacial score (nSPS) is 24.6. The zero-order valence-electron chi connectivity index (χ0n) is 10.8. The van der Waals surface area contributed by atoms with Crippen molar-refractivity contribution < 1.29 is 35.9 Å². The first kappa shape index (κ1) is 15.1. The number of fused-ring (bicyclic) bond motifs is 2. The maximum Gasteiger partial charge on any atom is 0.453 e. The summed E-state index contributed by atoms with van der Waals surface area (Å²) in [7, 11) is 0. The van der Waals surface area contributed by atoms with Crippen molar-refractivity contribution in [3.05, 3.63) is 35.4 Å². The Labute approximate surface area is 120 Å². The van der Waals surface area contributed by atoms with Gasteiger partial charge in [0.2, 0.25) is 0 Å². The molecule has 1 aromatic rings. The third-order valence-electron chi connectivity index (χ3n) is 3.94. The smallest absolute Gasteiger partial charge is 0.423 e. The lowest BCUT2D eigenvalue weighted by atomic mass is 9.93. The summed E-state index contributed by atoms with van der Waals surface area (Å²) in [5, 5.41) is 0. The summed E-state index contributed by atoms with van der Waals surface area (Å²) >= 11 is 0. The fraction of sp³-hybridized carbons (Fsp3) is 0.462. The molecule has 1 fully saturated rings. The number of alkyl halides is 6. The van der Waals surface area contributed by atoms with Crippen molar-refractivity contribution in [2.24, 2.45) is 0 Å². The van der Waals surface area contributed by atoms with E-state index in [0.717, 1.165) is 0 Å². The molecule has 2 heterocycles. The Morgan fingerprint density at radius 2 is 1.59 bits per heavy atom. The third kappa shape index (κ3) is 1.84. The number of cyclic esters (lactones) is 1. The lowest BCUT2D eigenvalue weighted by Gasteiger charge is -2.41. The number of rotatable bonds is 0. The van der Waals surface area contributed by atoms with Gasteiger partial charge >= 0.3 is 24.0 Å². The van der Waals surface area contributed by atoms with Crippen molar-refractivity contribution in [1.29, 1.82) is 0 Å². The van der Waals surface area contributed by atoms with Crippen molar-refractivity contribution in [3.8, 4) is 0 Å². The van der Waals surface area contributed by atoms with Crippen LogP contribution in [0.1, 0.15) is 11.1 Å². The second kappa shape index (κ2) is 4.37. The Bertz CT molecular complexity index is 610. The second-order valence-corrected chi connectivity index (χ2v) is 5.18. The predicted octanol–water partition coefficient (Wildman–Crippen LogP) is 2.79. The molecular weight excluding hydrogens is 316 g/mol. The van der Waals surface area contributed by atoms with Gasteiger partial charge in [0.15, 0.2) is 0 Å². The van der Waals surface area contributed by atoms with Gasteiger partial charge in [0, 0.05) is 6.54 Å². The number of hydrogen-bond donors (Lipinski definition) is 0. The molecule has 0 aliphatic carbocycles. The van der Waals surface area contributed by atoms with E-state index in [2.05, 4.69) is 4.74 Å². The van der Waals surface area contributed by atoms with E-state index in [9.17, 15) is 31.1 Å². The topological polar surface area (TPSA) is 29.5 Å². The highest BCUT2D eigenvalue weighted by molar-refractivity contribution is 5.79. The van der Waals surface area contributed by atoms with Crippen molar-refractivity contribution in [2.75, 3.05) is 0 Å². The van der Waals surface area contributed by atoms with Crippen LogP contribution in [-0.2, 0) is 22.5 Å². The van der Waals surface area contributed by atoms with Gasteiger partial charge < -0.3 is 4.74 Å². The lowest BCUT2D eigenvalue weighted by Crippen LogP contribution is -2.67. The molecule has 0 aromatic heterocycles. The van der Waals surface area contributed by atoms with Crippen LogP contribution in [0.25, 0.3) is 0 Å². The average molecular weight is 325 g/mol. The highest BCUT2D eigenvalue weighted by Gasteiger charge is 2.82. The predicted molar refractivity (Wildman–Crippen MR) is 60.4 cm³/mol. The fourth-order valence-electron chi connectivity index (χ4n) is 2.94. The van der Waals surface area contributed by atoms with Crippen LogP contribution in [0.4, 0.5) is 26.3 Å². The molecule has 1 saturated heterocycles. The molecule has 22 heavy (non-hydrogen) atoms. The highest BCUT2D eigenvalue weighted by atomic mass is 19.4. The molecule has 0 amide bonds. The summed E-state index contributed by atoms with van der Waals surface area (Å²) in [4.78, 5) is 11.7. The molecule has 2 aliphatic heterocycles. The molecule has 0 saturated carbocycles. The zero-order valence-corrected chi connectivity index (χ0v) is 10.8. The van der Waals surface area contributed by atoms with Gasteiger partial charge in [-0.25, -0.2) is 4.90 Å². The van der Waals surface area contributed by atoms with Crippen LogP contribution in [0.5, 0.6) is 0 Å². The highest BCUT2D eigenvalue weighted by Crippen LogP contribution is 2.53. The minimum absolute atomic E-state index is 0.0671. The molecule has 2 aliphatic rings. The number of nitrogens with zero attached hydrogens (tertiary/aromatic N) is 1. The third-order valence-corrected chi connectivity index (χ3v) is 3.94. The Balaban J connectivity index is 2.14. The number of carbonyl (C=O) groups is 1. The second-order valence-electron chi connectivity index (χ2n) is 5.18. The summed E-state index contributed by atoms with van der Waals surface area (Å²) in [6.07, 6.45) is -11.8. The van der Waals surface area contributed by atoms with E-state index in [1.807, 2.05) is 0 Å². The van der Waals surface area contributed by atoms with Gasteiger partial charge in [0.25, 0.3) is 0 Å². The monoisotopic (exact) mass is 325 g/mol. The summed E-state index contributed by atoms with van der Waals surface area (Å²) in [6, 6.07) is 4.53. The van der Waals surface area contributed by atoms with Gasteiger partial charge in [-0.15, -0.1) is 0 Å². The van der Waals surface area contributed by atoms with E-state index in [1.165, 1.54) is 12.1 Å². The largest absolute Gasteiger partial charge is 0.453 e. The Morgan fingerprint density at radius 3 is 2.14 bits per heavy atom. The molecule has 120 valence electrons. The molecule has 0 spiro atoms. The molecule has 0 N–H and O–H groups in total. The maximum absolute atomic E-state index is 13.2. The first-order valence-electron chi connectivity index (χ1n) is 6.28. The number of halogens is 6. The van der Waals surface area contributed by atoms with Crippen LogP contribution in [0.15, 0.2) is 24.3 Å². The van der Waals surface area contributed by atoms with Crippen molar-refractivity contribution in [1.82, 2.24) is 4.90 Å². The molecule has 0 bridgehead atoms. The molecule has 1 unspecified atom stereocenters. The van der Waals surface area contributed by atoms with Gasteiger partial charge in [-0.05, 0) is 17.5 Å². The number of esters is 1. The van der Waals surface area contributed by atoms with E-state index in [0.29, 0.717) is 11.1 Å². The van der Waals surface area contributed by atoms with Crippen LogP contribution in [0.2, 0.25) is 0 Å². The van der Waals surface area contributed by atoms with Crippen LogP contribution < -0.4 is 0 Å². The summed E-state index contributed by atoms with van der Waals surface area (Å²) in [5.41, 5.74) is -3.73. The van der Waals surface area contributed by atoms with Crippen LogP contribution >= 0.6 is 0 Å². The molecule has 9 heteroatoms. The minimum Gasteiger partial charge on any atom is -0.423 e. The van der Waals surface area contributed by atoms with E-state index in [4.69, 9.17) is 0 Å². The summed E-state index contributed by atoms with van der Waals surface area (Å²) in [5.74, 6) is -1.51. The molecule has 1 aromatic carbocycles. The van der Waals surface area contributed by atoms with Crippen molar-refractivity contribution in [3.63, 3.8) is 0 Å². The van der Waals surface area contributed by atoms with E-state index < -0.39 is 36.6 Å². The van der Waals surface area contributed by atoms with E-state index >= 15 is 0 Å². The van der Waals surface area contributed by atoms with Crippen molar-refractivity contribution in [2.45, 2.75) is 37.1 Å². The van der Waals surface area contributed by atoms with Gasteiger partial charge in [-0.1, -0.05) is 24.3 Å². The molecule has 1 atom stereocenters. The van der Waals surface area contributed by atoms with Gasteiger partial charge in [-0.2, -0.15) is 26.3 Å². The lowest BCUT2D eigenvalue weighted by molar-refractivity contribution is -0.403. The Morgan fingerprint density at radius 1 is 1.05 bits per heavy atom. The van der Waals surface area contributed by atoms with E-state index in [1.54, 1.807) is 12.1 Å². The van der Waals surface area contributed by atoms with E-state index in [-0.39, 0.29) is 11.3 Å². The number of benzene rings is 1. The first-order chi connectivity index (χ1) is 10.1. The molecule has 3 rings (SSSR count). The van der Waals surface area contributed by atoms with Crippen LogP contribution in [-0.4, -0.2) is 35.0 Å². The quantitative estimate of drug-likeness (QED) is 0.543. The van der Waals surface area contributed by atoms with Gasteiger partial charge in [0.05, 0.1) is 0 Å². The maximum atomic E-state index is 13.2. The number of carbonyl (C=O) groups excluding carboxylic acids is 1. The summed E-state index contributed by atoms with van der Waals surface area (Å²) < 4.78 is 83.1. The van der Waals surface area contributed by atoms with Gasteiger partial charge in [-0.3, -0.25) is 4.79 Å². The van der Waals surface area contributed by atoms with Crippen LogP contribution in [0, 0.1) is 0 Å². The summed E-state index contributed by atoms with van der Waals surface area (Å²) in [6.45, 7) is -0.661. The van der Waals surface area contributed by atoms with Crippen LogP contribution in [0.3, 0.4) is 0 Å². The first-order valence-corrected chi connectivity index (χ1v) is 6.28. The van der Waals surface area contributed by atoms with Gasteiger partial charge in [0.1, 0.15) is 6.04 Å². The standard InChI is InChI=1S/C13H9F6NO2/c14-12(15,16)11(13(17,18)19)20-6-8-4-2-1-3-7(8)5-9(20)10(21)22-11/h1-4,9H,5-6H2.